The average Bonchev–Trinajstić information content (AvgIpc) is 3.45. The summed E-state index contributed by atoms with van der Waals surface area (Å²) < 4.78 is 26.6. The van der Waals surface area contributed by atoms with Gasteiger partial charge in [-0.15, -0.1) is 0 Å². The number of hydrogen-bond donors (Lipinski definition) is 0. The highest BCUT2D eigenvalue weighted by Gasteiger charge is 2.35. The Kier molecular flexibility index (Phi) is 12.3. The second-order valence-electron chi connectivity index (χ2n) is 11.4. The lowest BCUT2D eigenvalue weighted by Crippen LogP contribution is -2.40. The molecule has 0 bridgehead atoms. The van der Waals surface area contributed by atoms with Crippen molar-refractivity contribution in [2.24, 2.45) is 4.99 Å². The summed E-state index contributed by atoms with van der Waals surface area (Å²) in [6, 6.07) is 27.1. The fourth-order valence-corrected chi connectivity index (χ4v) is 8.79. The average molecular weight is 941 g/mol. The normalized spacial score (nSPS) is 14.0. The molecule has 12 heteroatoms. The minimum absolute atomic E-state index is 0.161. The standard InChI is InChI=1S/C40H34I2N2O7S/c1-4-48-30-18-16-26(17-19-30)35-33(39(47)50-6-3)34(25-10-8-7-9-11-25)43-40-44(35)37(45)32(52-40)21-28-20-29(41)22-31(42)36(28)51-23-24-12-14-27(15-13-24)38(46)49-5-2/h7-22,35H,4-6,23H2,1-3H3/b32-21-/t35-/m1/s1. The van der Waals surface area contributed by atoms with Gasteiger partial charge in [-0.1, -0.05) is 65.9 Å². The summed E-state index contributed by atoms with van der Waals surface area (Å²) in [4.78, 5) is 45.9. The number of fused-ring (bicyclic) bond motifs is 1. The Bertz CT molecular complexity index is 2320. The van der Waals surface area contributed by atoms with Crippen LogP contribution in [0.5, 0.6) is 11.5 Å². The van der Waals surface area contributed by atoms with Gasteiger partial charge in [-0.3, -0.25) is 9.36 Å². The van der Waals surface area contributed by atoms with E-state index < -0.39 is 12.0 Å². The minimum Gasteiger partial charge on any atom is -0.494 e. The lowest BCUT2D eigenvalue weighted by molar-refractivity contribution is -0.138. The molecule has 5 aromatic rings. The van der Waals surface area contributed by atoms with Crippen molar-refractivity contribution in [3.05, 3.63) is 151 Å². The van der Waals surface area contributed by atoms with Crippen molar-refractivity contribution in [2.45, 2.75) is 33.4 Å². The highest BCUT2D eigenvalue weighted by atomic mass is 127. The molecule has 0 unspecified atom stereocenters. The van der Waals surface area contributed by atoms with Crippen molar-refractivity contribution in [1.82, 2.24) is 4.57 Å². The predicted molar refractivity (Wildman–Crippen MR) is 217 cm³/mol. The zero-order chi connectivity index (χ0) is 36.8. The summed E-state index contributed by atoms with van der Waals surface area (Å²) >= 11 is 5.73. The smallest absolute Gasteiger partial charge is 0.338 e. The molecule has 0 N–H and O–H groups in total. The molecule has 1 aromatic heterocycles. The van der Waals surface area contributed by atoms with Gasteiger partial charge >= 0.3 is 11.9 Å². The molecule has 0 radical (unpaired) electrons. The number of hydrogen-bond acceptors (Lipinski definition) is 9. The highest BCUT2D eigenvalue weighted by Crippen LogP contribution is 2.36. The Morgan fingerprint density at radius 1 is 0.846 bits per heavy atom. The quantitative estimate of drug-likeness (QED) is 0.0956. The molecule has 0 saturated heterocycles. The number of ether oxygens (including phenoxy) is 4. The zero-order valence-electron chi connectivity index (χ0n) is 28.6. The molecule has 1 atom stereocenters. The van der Waals surface area contributed by atoms with Crippen LogP contribution in [-0.4, -0.2) is 36.3 Å². The van der Waals surface area contributed by atoms with E-state index in [1.165, 1.54) is 11.3 Å². The number of carbonyl (C=O) groups excluding carboxylic acids is 2. The number of aromatic nitrogens is 1. The van der Waals surface area contributed by atoms with Crippen molar-refractivity contribution in [3.63, 3.8) is 0 Å². The Morgan fingerprint density at radius 3 is 2.21 bits per heavy atom. The molecular weight excluding hydrogens is 906 g/mol. The maximum atomic E-state index is 14.5. The van der Waals surface area contributed by atoms with Crippen molar-refractivity contribution in [3.8, 4) is 11.5 Å². The van der Waals surface area contributed by atoms with Crippen LogP contribution in [0.25, 0.3) is 11.8 Å². The third-order valence-corrected chi connectivity index (χ3v) is 10.5. The molecule has 9 nitrogen and oxygen atoms in total. The number of nitrogens with zero attached hydrogens (tertiary/aromatic N) is 2. The SMILES string of the molecule is CCOC(=O)C1=C(c2ccccc2)N=c2s/c(=C\c3cc(I)cc(I)c3OCc3ccc(C(=O)OCC)cc3)c(=O)n2[C@@H]1c1ccc(OCC)cc1. The fourth-order valence-electron chi connectivity index (χ4n) is 5.76. The van der Waals surface area contributed by atoms with E-state index >= 15 is 0 Å². The number of rotatable bonds is 12. The largest absolute Gasteiger partial charge is 0.494 e. The first-order valence-electron chi connectivity index (χ1n) is 16.6. The van der Waals surface area contributed by atoms with Gasteiger partial charge in [0, 0.05) is 14.7 Å². The predicted octanol–water partition coefficient (Wildman–Crippen LogP) is 7.30. The van der Waals surface area contributed by atoms with Crippen LogP contribution in [0.2, 0.25) is 0 Å². The molecule has 1 aliphatic rings. The Labute approximate surface area is 331 Å². The fraction of sp³-hybridized carbons (Fsp3) is 0.200. The third kappa shape index (κ3) is 8.18. The molecule has 0 saturated carbocycles. The number of carbonyl (C=O) groups is 2. The highest BCUT2D eigenvalue weighted by molar-refractivity contribution is 14.1. The van der Waals surface area contributed by atoms with E-state index in [-0.39, 0.29) is 30.3 Å². The van der Waals surface area contributed by atoms with E-state index in [1.54, 1.807) is 30.5 Å². The van der Waals surface area contributed by atoms with Crippen molar-refractivity contribution in [1.29, 1.82) is 0 Å². The van der Waals surface area contributed by atoms with Crippen LogP contribution in [0.3, 0.4) is 0 Å². The summed E-state index contributed by atoms with van der Waals surface area (Å²) in [7, 11) is 0. The van der Waals surface area contributed by atoms with Gasteiger partial charge in [0.15, 0.2) is 4.80 Å². The Balaban J connectivity index is 1.48. The number of esters is 2. The Morgan fingerprint density at radius 2 is 1.54 bits per heavy atom. The van der Waals surface area contributed by atoms with Crippen LogP contribution in [0.15, 0.2) is 106 Å². The van der Waals surface area contributed by atoms with E-state index in [9.17, 15) is 14.4 Å². The maximum Gasteiger partial charge on any atom is 0.338 e. The molecular formula is C40H34I2N2O7S. The lowest BCUT2D eigenvalue weighted by Gasteiger charge is -2.26. The van der Waals surface area contributed by atoms with Crippen molar-refractivity contribution in [2.75, 3.05) is 19.8 Å². The number of halogens is 2. The molecule has 2 heterocycles. The van der Waals surface area contributed by atoms with Gasteiger partial charge in [0.2, 0.25) is 0 Å². The second kappa shape index (κ2) is 17.0. The molecule has 266 valence electrons. The van der Waals surface area contributed by atoms with E-state index in [1.807, 2.05) is 91.9 Å². The summed E-state index contributed by atoms with van der Waals surface area (Å²) in [5.41, 5.74) is 3.92. The van der Waals surface area contributed by atoms with Crippen molar-refractivity contribution < 1.29 is 28.5 Å². The topological polar surface area (TPSA) is 105 Å². The van der Waals surface area contributed by atoms with Gasteiger partial charge in [0.05, 0.1) is 50.8 Å². The Hall–Kier alpha value is -4.28. The van der Waals surface area contributed by atoms with Crippen molar-refractivity contribution >= 4 is 80.2 Å². The third-order valence-electron chi connectivity index (χ3n) is 8.05. The summed E-state index contributed by atoms with van der Waals surface area (Å²) in [5, 5.41) is 0. The molecule has 6 rings (SSSR count). The van der Waals surface area contributed by atoms with Crippen LogP contribution in [0.1, 0.15) is 59.4 Å². The first kappa shape index (κ1) is 37.5. The molecule has 1 aliphatic heterocycles. The lowest BCUT2D eigenvalue weighted by atomic mass is 9.93. The molecule has 0 fully saturated rings. The van der Waals surface area contributed by atoms with Gasteiger partial charge in [-0.25, -0.2) is 14.6 Å². The van der Waals surface area contributed by atoms with E-state index in [0.29, 0.717) is 50.9 Å². The second-order valence-corrected chi connectivity index (χ2v) is 14.9. The zero-order valence-corrected chi connectivity index (χ0v) is 33.7. The molecule has 4 aromatic carbocycles. The van der Waals surface area contributed by atoms with E-state index in [0.717, 1.165) is 23.8 Å². The van der Waals surface area contributed by atoms with Gasteiger partial charge in [-0.05, 0) is 120 Å². The summed E-state index contributed by atoms with van der Waals surface area (Å²) in [6.07, 6.45) is 1.82. The first-order chi connectivity index (χ1) is 25.2. The van der Waals surface area contributed by atoms with Crippen LogP contribution >= 0.6 is 56.5 Å². The summed E-state index contributed by atoms with van der Waals surface area (Å²) in [6.45, 7) is 6.64. The monoisotopic (exact) mass is 940 g/mol. The number of thiazole rings is 1. The maximum absolute atomic E-state index is 14.5. The molecule has 0 amide bonds. The van der Waals surface area contributed by atoms with Crippen LogP contribution < -0.4 is 24.4 Å². The minimum atomic E-state index is -0.812. The van der Waals surface area contributed by atoms with Gasteiger partial charge in [0.1, 0.15) is 18.1 Å². The first-order valence-corrected chi connectivity index (χ1v) is 19.6. The van der Waals surface area contributed by atoms with Crippen LogP contribution in [0, 0.1) is 7.14 Å². The van der Waals surface area contributed by atoms with Gasteiger partial charge < -0.3 is 18.9 Å². The molecule has 0 spiro atoms. The summed E-state index contributed by atoms with van der Waals surface area (Å²) in [5.74, 6) is 0.373. The molecule has 52 heavy (non-hydrogen) atoms. The van der Waals surface area contributed by atoms with Crippen LogP contribution in [-0.2, 0) is 20.9 Å². The van der Waals surface area contributed by atoms with E-state index in [4.69, 9.17) is 23.9 Å². The number of benzene rings is 4. The van der Waals surface area contributed by atoms with Gasteiger partial charge in [-0.2, -0.15) is 0 Å². The van der Waals surface area contributed by atoms with Gasteiger partial charge in [0.25, 0.3) is 5.56 Å². The molecule has 0 aliphatic carbocycles. The van der Waals surface area contributed by atoms with Crippen LogP contribution in [0.4, 0.5) is 0 Å². The van der Waals surface area contributed by atoms with E-state index in [2.05, 4.69) is 45.2 Å².